The van der Waals surface area contributed by atoms with Crippen LogP contribution in [0.15, 0.2) is 29.3 Å². The van der Waals surface area contributed by atoms with Gasteiger partial charge in [0.25, 0.3) is 0 Å². The lowest BCUT2D eigenvalue weighted by Crippen LogP contribution is -1.92. The highest BCUT2D eigenvalue weighted by atomic mass is 32.1. The first-order chi connectivity index (χ1) is 6.25. The van der Waals surface area contributed by atoms with Gasteiger partial charge in [0.15, 0.2) is 0 Å². The number of rotatable bonds is 3. The second-order valence-electron chi connectivity index (χ2n) is 2.44. The van der Waals surface area contributed by atoms with Gasteiger partial charge in [0.2, 0.25) is 0 Å². The Bertz CT molecular complexity index is 298. The summed E-state index contributed by atoms with van der Waals surface area (Å²) in [5.41, 5.74) is 0.705. The predicted molar refractivity (Wildman–Crippen MR) is 57.6 cm³/mol. The molecule has 0 aromatic carbocycles. The van der Waals surface area contributed by atoms with E-state index < -0.39 is 0 Å². The summed E-state index contributed by atoms with van der Waals surface area (Å²) in [6, 6.07) is 5.49. The van der Waals surface area contributed by atoms with Gasteiger partial charge in [0.1, 0.15) is 0 Å². The zero-order chi connectivity index (χ0) is 9.68. The highest BCUT2D eigenvalue weighted by molar-refractivity contribution is 7.73. The van der Waals surface area contributed by atoms with Crippen LogP contribution in [-0.4, -0.2) is 16.7 Å². The summed E-state index contributed by atoms with van der Waals surface area (Å²) in [6.07, 6.45) is 2.11. The molecule has 0 aliphatic rings. The van der Waals surface area contributed by atoms with E-state index in [1.165, 1.54) is 0 Å². The maximum atomic E-state index is 8.66. The summed E-state index contributed by atoms with van der Waals surface area (Å²) in [7, 11) is 0. The van der Waals surface area contributed by atoms with Gasteiger partial charge in [-0.3, -0.25) is 4.98 Å². The number of hydrogen-bond donors (Lipinski definition) is 1. The molecule has 0 fully saturated rings. The topological polar surface area (TPSA) is 33.1 Å². The van der Waals surface area contributed by atoms with Crippen LogP contribution in [0.25, 0.3) is 4.91 Å². The van der Waals surface area contributed by atoms with E-state index in [-0.39, 0.29) is 6.61 Å². The van der Waals surface area contributed by atoms with Gasteiger partial charge in [-0.05, 0) is 18.6 Å². The second kappa shape index (κ2) is 5.11. The van der Waals surface area contributed by atoms with Crippen molar-refractivity contribution >= 4 is 30.2 Å². The Labute approximate surface area is 88.5 Å². The Morgan fingerprint density at radius 3 is 2.69 bits per heavy atom. The third-order valence-corrected chi connectivity index (χ3v) is 2.48. The average Bonchev–Trinajstić information content (AvgIpc) is 2.18. The van der Waals surface area contributed by atoms with Crippen LogP contribution in [0.1, 0.15) is 12.1 Å². The van der Waals surface area contributed by atoms with Crippen molar-refractivity contribution in [3.63, 3.8) is 0 Å². The van der Waals surface area contributed by atoms with Crippen LogP contribution < -0.4 is 0 Å². The van der Waals surface area contributed by atoms with Gasteiger partial charge in [-0.15, -0.1) is 0 Å². The Morgan fingerprint density at radius 2 is 2.15 bits per heavy atom. The van der Waals surface area contributed by atoms with Crippen molar-refractivity contribution in [3.05, 3.63) is 35.0 Å². The molecule has 13 heavy (non-hydrogen) atoms. The smallest absolute Gasteiger partial charge is 0.0450 e. The molecule has 0 atom stereocenters. The van der Waals surface area contributed by atoms with E-state index in [0.29, 0.717) is 21.9 Å². The molecule has 1 N–H and O–H groups in total. The standard InChI is InChI=1S/C9H11NOS2/c11-6-4-8(12)9(13)7-3-1-2-5-10-7/h1-3,5,11-13H,4,6H2/p-2/b9-8-. The first kappa shape index (κ1) is 10.4. The molecule has 2 nitrogen and oxygen atoms in total. The lowest BCUT2D eigenvalue weighted by atomic mass is 10.3. The molecule has 0 saturated carbocycles. The van der Waals surface area contributed by atoms with Crippen LogP contribution in [-0.2, 0) is 25.3 Å². The second-order valence-corrected chi connectivity index (χ2v) is 3.34. The van der Waals surface area contributed by atoms with Crippen LogP contribution in [0.5, 0.6) is 0 Å². The number of pyridine rings is 1. The minimum Gasteiger partial charge on any atom is -0.785 e. The van der Waals surface area contributed by atoms with E-state index in [2.05, 4.69) is 4.98 Å². The minimum absolute atomic E-state index is 0.0335. The molecule has 70 valence electrons. The van der Waals surface area contributed by atoms with Gasteiger partial charge in [-0.1, -0.05) is 6.07 Å². The molecule has 0 saturated heterocycles. The molecular formula is C9H9NOS2-2. The van der Waals surface area contributed by atoms with Crippen molar-refractivity contribution in [3.8, 4) is 0 Å². The van der Waals surface area contributed by atoms with Crippen molar-refractivity contribution in [1.82, 2.24) is 4.98 Å². The summed E-state index contributed by atoms with van der Waals surface area (Å²) < 4.78 is 0. The molecule has 0 bridgehead atoms. The number of aromatic nitrogens is 1. The van der Waals surface area contributed by atoms with Crippen molar-refractivity contribution in [1.29, 1.82) is 0 Å². The Balaban J connectivity index is 2.89. The van der Waals surface area contributed by atoms with Gasteiger partial charge < -0.3 is 30.4 Å². The van der Waals surface area contributed by atoms with E-state index in [1.807, 2.05) is 18.2 Å². The number of aliphatic hydroxyl groups excluding tert-OH is 1. The molecule has 1 heterocycles. The van der Waals surface area contributed by atoms with Crippen LogP contribution in [0.4, 0.5) is 0 Å². The van der Waals surface area contributed by atoms with Crippen LogP contribution >= 0.6 is 0 Å². The maximum absolute atomic E-state index is 8.66. The zero-order valence-electron chi connectivity index (χ0n) is 6.93. The molecule has 0 aliphatic carbocycles. The first-order valence-electron chi connectivity index (χ1n) is 3.85. The first-order valence-corrected chi connectivity index (χ1v) is 4.67. The van der Waals surface area contributed by atoms with E-state index in [1.54, 1.807) is 6.20 Å². The minimum atomic E-state index is 0.0335. The maximum Gasteiger partial charge on any atom is 0.0450 e. The van der Waals surface area contributed by atoms with Gasteiger partial charge in [-0.25, -0.2) is 4.91 Å². The van der Waals surface area contributed by atoms with E-state index >= 15 is 0 Å². The molecule has 1 rings (SSSR count). The van der Waals surface area contributed by atoms with E-state index in [4.69, 9.17) is 30.4 Å². The highest BCUT2D eigenvalue weighted by Crippen LogP contribution is 2.15. The highest BCUT2D eigenvalue weighted by Gasteiger charge is 1.88. The van der Waals surface area contributed by atoms with Crippen LogP contribution in [0.3, 0.4) is 0 Å². The average molecular weight is 211 g/mol. The van der Waals surface area contributed by atoms with Crippen molar-refractivity contribution < 1.29 is 5.11 Å². The zero-order valence-corrected chi connectivity index (χ0v) is 8.57. The van der Waals surface area contributed by atoms with Crippen LogP contribution in [0, 0.1) is 0 Å². The fourth-order valence-corrected chi connectivity index (χ4v) is 1.27. The largest absolute Gasteiger partial charge is 0.785 e. The molecular weight excluding hydrogens is 202 g/mol. The third kappa shape index (κ3) is 2.91. The van der Waals surface area contributed by atoms with Gasteiger partial charge in [0, 0.05) is 18.5 Å². The number of aliphatic hydroxyl groups is 1. The number of hydrogen-bond acceptors (Lipinski definition) is 4. The van der Waals surface area contributed by atoms with Gasteiger partial charge in [-0.2, -0.15) is 4.91 Å². The molecule has 1 aromatic rings. The molecule has 0 amide bonds. The SMILES string of the molecule is OCC/C([S-])=C(/[S-])c1ccccn1. The molecule has 0 spiro atoms. The Hall–Kier alpha value is -0.710. The Morgan fingerprint density at radius 1 is 1.38 bits per heavy atom. The molecule has 1 aromatic heterocycles. The van der Waals surface area contributed by atoms with Crippen molar-refractivity contribution in [2.24, 2.45) is 0 Å². The summed E-state index contributed by atoms with van der Waals surface area (Å²) in [6.45, 7) is 0.0335. The van der Waals surface area contributed by atoms with Crippen LogP contribution in [0.2, 0.25) is 0 Å². The molecule has 0 radical (unpaired) electrons. The van der Waals surface area contributed by atoms with Crippen molar-refractivity contribution in [2.45, 2.75) is 6.42 Å². The van der Waals surface area contributed by atoms with Gasteiger partial charge in [0.05, 0.1) is 0 Å². The van der Waals surface area contributed by atoms with E-state index in [0.717, 1.165) is 0 Å². The number of nitrogens with zero attached hydrogens (tertiary/aromatic N) is 1. The summed E-state index contributed by atoms with van der Waals surface area (Å²) in [5, 5.41) is 8.66. The van der Waals surface area contributed by atoms with Crippen molar-refractivity contribution in [2.75, 3.05) is 6.61 Å². The quantitative estimate of drug-likeness (QED) is 0.762. The summed E-state index contributed by atoms with van der Waals surface area (Å²) >= 11 is 10.1. The Kier molecular flexibility index (Phi) is 4.08. The third-order valence-electron chi connectivity index (χ3n) is 1.49. The fraction of sp³-hybridized carbons (Fsp3) is 0.222. The summed E-state index contributed by atoms with van der Waals surface area (Å²) in [4.78, 5) is 5.23. The summed E-state index contributed by atoms with van der Waals surface area (Å²) in [5.74, 6) is 0. The fourth-order valence-electron chi connectivity index (χ4n) is 0.855. The van der Waals surface area contributed by atoms with E-state index in [9.17, 15) is 0 Å². The molecule has 4 heteroatoms. The monoisotopic (exact) mass is 211 g/mol. The molecule has 0 unspecified atom stereocenters. The molecule has 0 aliphatic heterocycles. The normalized spacial score (nSPS) is 12.4. The lowest BCUT2D eigenvalue weighted by Gasteiger charge is -2.23. The predicted octanol–water partition coefficient (Wildman–Crippen LogP) is 1.23. The van der Waals surface area contributed by atoms with Gasteiger partial charge >= 0.3 is 0 Å². The lowest BCUT2D eigenvalue weighted by molar-refractivity contribution is 0.302.